The van der Waals surface area contributed by atoms with Crippen LogP contribution in [0.4, 0.5) is 34.1 Å². The minimum atomic E-state index is -1.61. The maximum Gasteiger partial charge on any atom is 0.492 e. The Morgan fingerprint density at radius 1 is 0.299 bits per heavy atom. The van der Waals surface area contributed by atoms with Gasteiger partial charge >= 0.3 is 7.12 Å². The summed E-state index contributed by atoms with van der Waals surface area (Å²) in [4.78, 5) is 4.55. The third kappa shape index (κ3) is 16.8. The molecule has 15 rings (SSSR count). The highest BCUT2D eigenvalue weighted by Crippen LogP contribution is 2.49. The van der Waals surface area contributed by atoms with Gasteiger partial charge in [-0.25, -0.2) is 0 Å². The third-order valence-corrected chi connectivity index (χ3v) is 22.4. The Kier molecular flexibility index (Phi) is 22.7. The second kappa shape index (κ2) is 31.0. The SMILES string of the molecule is C1CCOC1.CC(C)(C)c1ccc(Br)c2c(Br)cccc12.CC(C)(C)c1ccc(N(c2ccc(C(C)(C)C)cc2)c2cccc3c2oc2c(-c4ccc(C(C)(C)C)c5cccc(Br)c45)cccc23)cc1.CC(C)(C)c1ccc(N(c2ccc(C(C)(C)C)cc2)c2cccc3c2oc2c(B(O)O)cccc23)cc1. The van der Waals surface area contributed by atoms with E-state index in [1.807, 2.05) is 24.3 Å². The van der Waals surface area contributed by atoms with Crippen molar-refractivity contribution in [1.29, 1.82) is 0 Å². The van der Waals surface area contributed by atoms with Crippen LogP contribution in [0, 0.1) is 0 Å². The van der Waals surface area contributed by atoms with Gasteiger partial charge in [0, 0.05) is 92.7 Å². The van der Waals surface area contributed by atoms with Crippen LogP contribution in [0.1, 0.15) is 171 Å². The van der Waals surface area contributed by atoms with Gasteiger partial charge in [-0.05, 0) is 174 Å². The predicted octanol–water partition coefficient (Wildman–Crippen LogP) is 28.3. The number of ether oxygens (including phenoxy) is 1. The number of rotatable bonds is 8. The highest BCUT2D eigenvalue weighted by atomic mass is 79.9. The quantitative estimate of drug-likeness (QED) is 0.147. The van der Waals surface area contributed by atoms with Gasteiger partial charge in [0.15, 0.2) is 11.2 Å². The van der Waals surface area contributed by atoms with Crippen LogP contribution < -0.4 is 15.3 Å². The van der Waals surface area contributed by atoms with Crippen molar-refractivity contribution in [2.45, 2.75) is 170 Å². The molecule has 1 aliphatic heterocycles. The van der Waals surface area contributed by atoms with E-state index in [9.17, 15) is 10.0 Å². The van der Waals surface area contributed by atoms with Crippen molar-refractivity contribution in [2.24, 2.45) is 0 Å². The van der Waals surface area contributed by atoms with Crippen molar-refractivity contribution in [1.82, 2.24) is 0 Å². The molecular weight excluding hydrogens is 1510 g/mol. The van der Waals surface area contributed by atoms with Crippen LogP contribution in [0.3, 0.4) is 0 Å². The molecule has 0 bridgehead atoms. The van der Waals surface area contributed by atoms with Gasteiger partial charge < -0.3 is 33.4 Å². The van der Waals surface area contributed by atoms with Gasteiger partial charge in [0.2, 0.25) is 0 Å². The molecule has 1 aliphatic rings. The van der Waals surface area contributed by atoms with E-state index in [1.165, 1.54) is 67.8 Å². The van der Waals surface area contributed by atoms with Gasteiger partial charge in [-0.15, -0.1) is 0 Å². The minimum Gasteiger partial charge on any atom is -0.454 e. The van der Waals surface area contributed by atoms with E-state index in [4.69, 9.17) is 13.6 Å². The molecule has 2 N–H and O–H groups in total. The number of nitrogens with zero attached hydrogens (tertiary/aromatic N) is 2. The lowest BCUT2D eigenvalue weighted by atomic mass is 9.79. The number of anilines is 6. The first-order chi connectivity index (χ1) is 50.5. The van der Waals surface area contributed by atoms with E-state index in [0.29, 0.717) is 16.6 Å². The molecule has 0 spiro atoms. The minimum absolute atomic E-state index is 0.0114. The summed E-state index contributed by atoms with van der Waals surface area (Å²) in [6, 6.07) is 81.8. The molecule has 0 saturated carbocycles. The summed E-state index contributed by atoms with van der Waals surface area (Å²) in [5.41, 5.74) is 20.0. The molecule has 14 aromatic rings. The first-order valence-electron chi connectivity index (χ1n) is 37.4. The van der Waals surface area contributed by atoms with E-state index in [2.05, 4.69) is 382 Å². The van der Waals surface area contributed by atoms with Crippen molar-refractivity contribution in [3.8, 4) is 11.1 Å². The molecule has 2 aromatic heterocycles. The molecule has 107 heavy (non-hydrogen) atoms. The van der Waals surface area contributed by atoms with E-state index in [0.717, 1.165) is 105 Å². The largest absolute Gasteiger partial charge is 0.492 e. The van der Waals surface area contributed by atoms with Gasteiger partial charge in [0.25, 0.3) is 0 Å². The van der Waals surface area contributed by atoms with Crippen LogP contribution in [0.2, 0.25) is 0 Å². The molecule has 0 aliphatic carbocycles. The Hall–Kier alpha value is -8.26. The van der Waals surface area contributed by atoms with Gasteiger partial charge in [-0.1, -0.05) is 324 Å². The highest BCUT2D eigenvalue weighted by Gasteiger charge is 2.29. The summed E-state index contributed by atoms with van der Waals surface area (Å²) in [6.07, 6.45) is 2.56. The molecule has 11 heteroatoms. The van der Waals surface area contributed by atoms with E-state index >= 15 is 0 Å². The van der Waals surface area contributed by atoms with Crippen LogP contribution in [-0.4, -0.2) is 30.4 Å². The molecule has 12 aromatic carbocycles. The fourth-order valence-corrected chi connectivity index (χ4v) is 16.4. The number of halogens is 3. The topological polar surface area (TPSA) is 82.5 Å². The van der Waals surface area contributed by atoms with Gasteiger partial charge in [0.1, 0.15) is 11.2 Å². The van der Waals surface area contributed by atoms with Crippen LogP contribution in [0.25, 0.3) is 76.5 Å². The van der Waals surface area contributed by atoms with Crippen molar-refractivity contribution >= 4 is 160 Å². The zero-order chi connectivity index (χ0) is 76.9. The van der Waals surface area contributed by atoms with Crippen LogP contribution in [0.5, 0.6) is 0 Å². The van der Waals surface area contributed by atoms with Crippen LogP contribution in [-0.2, 0) is 37.2 Å². The average Bonchev–Trinajstić information content (AvgIpc) is 1.54. The van der Waals surface area contributed by atoms with Gasteiger partial charge in [-0.2, -0.15) is 0 Å². The molecule has 0 radical (unpaired) electrons. The Morgan fingerprint density at radius 2 is 0.617 bits per heavy atom. The fourth-order valence-electron chi connectivity index (χ4n) is 14.4. The second-order valence-electron chi connectivity index (χ2n) is 34.5. The molecule has 1 saturated heterocycles. The Balaban J connectivity index is 0.000000161. The number of para-hydroxylation sites is 4. The summed E-state index contributed by atoms with van der Waals surface area (Å²) >= 11 is 11.2. The second-order valence-corrected chi connectivity index (χ2v) is 37.1. The Labute approximate surface area is 659 Å². The summed E-state index contributed by atoms with van der Waals surface area (Å²) < 4.78 is 21.8. The zero-order valence-corrected chi connectivity index (χ0v) is 70.3. The monoisotopic (exact) mass is 1610 g/mol. The maximum atomic E-state index is 9.95. The van der Waals surface area contributed by atoms with E-state index < -0.39 is 7.12 Å². The Morgan fingerprint density at radius 3 is 0.991 bits per heavy atom. The zero-order valence-electron chi connectivity index (χ0n) is 65.5. The number of hydrogen-bond donors (Lipinski definition) is 2. The molecule has 0 unspecified atom stereocenters. The van der Waals surface area contributed by atoms with Crippen molar-refractivity contribution in [2.75, 3.05) is 23.0 Å². The lowest BCUT2D eigenvalue weighted by Crippen LogP contribution is -2.29. The number of furan rings is 2. The smallest absolute Gasteiger partial charge is 0.454 e. The first-order valence-corrected chi connectivity index (χ1v) is 39.8. The first kappa shape index (κ1) is 78.3. The maximum absolute atomic E-state index is 9.95. The predicted molar refractivity (Wildman–Crippen MR) is 469 cm³/mol. The summed E-state index contributed by atoms with van der Waals surface area (Å²) in [5.74, 6) is 0. The Bertz CT molecular complexity index is 5370. The standard InChI is InChI=1S/C46H46BrNO.C32H34BNO3.C14H14Br2.C4H8O/c1-44(2,3)29-19-23-31(24-20-29)48(32-25-21-30(22-26-32)45(4,5)6)40-18-12-15-36-35-14-10-13-34(42(35)49-43(36)40)33-27-28-38(46(7,8)9)37-16-11-17-39(47)41(33)37;1-31(2,3)21-13-17-23(18-14-21)34(24-19-15-22(16-20-24)32(4,5)6)28-12-8-10-26-25-9-7-11-27(33(35)36)29(25)37-30(26)28;1-14(2,3)10-7-8-12(16)13-9(10)5-4-6-11(13)15;1-2-4-5-3-1/h10-28H,1-9H3;7-20,35-36H,1-6H3;4-8H,1-3H3;1-4H2. The highest BCUT2D eigenvalue weighted by molar-refractivity contribution is 9.11. The summed E-state index contributed by atoms with van der Waals surface area (Å²) in [6.45, 7) is 42.4. The molecular formula is C96H102BBr3N2O5. The van der Waals surface area contributed by atoms with Crippen molar-refractivity contribution in [3.05, 3.63) is 277 Å². The van der Waals surface area contributed by atoms with Crippen molar-refractivity contribution in [3.63, 3.8) is 0 Å². The number of hydrogen-bond acceptors (Lipinski definition) is 7. The molecule has 3 heterocycles. The lowest BCUT2D eigenvalue weighted by molar-refractivity contribution is 0.198. The number of benzene rings is 12. The molecule has 0 amide bonds. The molecule has 7 nitrogen and oxygen atoms in total. The molecule has 1 fully saturated rings. The van der Waals surface area contributed by atoms with Gasteiger partial charge in [0.05, 0.1) is 11.4 Å². The van der Waals surface area contributed by atoms with Gasteiger partial charge in [-0.3, -0.25) is 0 Å². The normalized spacial score (nSPS) is 13.0. The average molecular weight is 1610 g/mol. The third-order valence-electron chi connectivity index (χ3n) is 20.4. The van der Waals surface area contributed by atoms with Crippen molar-refractivity contribution < 1.29 is 23.6 Å². The van der Waals surface area contributed by atoms with Crippen LogP contribution in [0.15, 0.2) is 253 Å². The lowest BCUT2D eigenvalue weighted by Gasteiger charge is -2.28. The molecule has 550 valence electrons. The number of fused-ring (bicyclic) bond motifs is 8. The fraction of sp³-hybridized carbons (Fsp3) is 0.292. The molecule has 0 atom stereocenters. The van der Waals surface area contributed by atoms with E-state index in [-0.39, 0.29) is 32.5 Å². The van der Waals surface area contributed by atoms with Crippen LogP contribution >= 0.6 is 47.8 Å². The summed E-state index contributed by atoms with van der Waals surface area (Å²) in [5, 5.41) is 28.9. The summed E-state index contributed by atoms with van der Waals surface area (Å²) in [7, 11) is -1.61. The van der Waals surface area contributed by atoms with E-state index in [1.54, 1.807) is 6.07 Å².